The molecule has 0 aliphatic heterocycles. The van der Waals surface area contributed by atoms with Crippen LogP contribution in [-0.4, -0.2) is 55.2 Å². The molecule has 0 aromatic carbocycles. The third-order valence-electron chi connectivity index (χ3n) is 2.75. The standard InChI is InChI=1S/C12H27NO3S2/c1-5-6-13-12(3,10-14)9-11(2)17-7-8-18(4,15)16/h11,13-14H,5-10H2,1-4H3. The van der Waals surface area contributed by atoms with Crippen molar-refractivity contribution in [1.82, 2.24) is 5.32 Å². The van der Waals surface area contributed by atoms with Crippen molar-refractivity contribution >= 4 is 21.6 Å². The highest BCUT2D eigenvalue weighted by Crippen LogP contribution is 2.22. The number of hydrogen-bond donors (Lipinski definition) is 2. The molecular formula is C12H27NO3S2. The molecule has 2 unspecified atom stereocenters. The van der Waals surface area contributed by atoms with Gasteiger partial charge in [-0.3, -0.25) is 0 Å². The minimum absolute atomic E-state index is 0.101. The summed E-state index contributed by atoms with van der Waals surface area (Å²) in [4.78, 5) is 0. The molecule has 2 atom stereocenters. The molecule has 2 N–H and O–H groups in total. The summed E-state index contributed by atoms with van der Waals surface area (Å²) >= 11 is 1.65. The van der Waals surface area contributed by atoms with E-state index < -0.39 is 9.84 Å². The molecule has 0 aromatic heterocycles. The van der Waals surface area contributed by atoms with E-state index in [1.807, 2.05) is 6.92 Å². The lowest BCUT2D eigenvalue weighted by molar-refractivity contribution is 0.166. The minimum Gasteiger partial charge on any atom is -0.394 e. The molecule has 4 nitrogen and oxygen atoms in total. The van der Waals surface area contributed by atoms with Crippen molar-refractivity contribution < 1.29 is 13.5 Å². The van der Waals surface area contributed by atoms with E-state index in [1.165, 1.54) is 6.26 Å². The van der Waals surface area contributed by atoms with Crippen LogP contribution in [0, 0.1) is 0 Å². The predicted octanol–water partition coefficient (Wildman–Crippen LogP) is 1.29. The second kappa shape index (κ2) is 8.40. The maximum atomic E-state index is 11.0. The SMILES string of the molecule is CCCNC(C)(CO)CC(C)SCCS(C)(=O)=O. The Morgan fingerprint density at radius 1 is 1.44 bits per heavy atom. The predicted molar refractivity (Wildman–Crippen MR) is 80.0 cm³/mol. The summed E-state index contributed by atoms with van der Waals surface area (Å²) in [6.07, 6.45) is 3.13. The fourth-order valence-corrected chi connectivity index (χ4v) is 4.20. The van der Waals surface area contributed by atoms with Crippen molar-refractivity contribution in [3.63, 3.8) is 0 Å². The fourth-order valence-electron chi connectivity index (χ4n) is 1.71. The lowest BCUT2D eigenvalue weighted by Gasteiger charge is -2.31. The summed E-state index contributed by atoms with van der Waals surface area (Å²) in [6.45, 7) is 7.17. The molecule has 0 saturated heterocycles. The first kappa shape index (κ1) is 18.2. The summed E-state index contributed by atoms with van der Waals surface area (Å²) in [5.74, 6) is 0.843. The molecule has 0 rings (SSSR count). The van der Waals surface area contributed by atoms with E-state index in [9.17, 15) is 13.5 Å². The van der Waals surface area contributed by atoms with E-state index in [4.69, 9.17) is 0 Å². The Balaban J connectivity index is 4.06. The molecule has 18 heavy (non-hydrogen) atoms. The van der Waals surface area contributed by atoms with Crippen LogP contribution in [0.15, 0.2) is 0 Å². The van der Waals surface area contributed by atoms with Gasteiger partial charge in [0.2, 0.25) is 0 Å². The number of thioether (sulfide) groups is 1. The van der Waals surface area contributed by atoms with Crippen LogP contribution in [0.4, 0.5) is 0 Å². The summed E-state index contributed by atoms with van der Waals surface area (Å²) in [6, 6.07) is 0. The van der Waals surface area contributed by atoms with Gasteiger partial charge in [0.1, 0.15) is 9.84 Å². The normalized spacial score (nSPS) is 17.4. The van der Waals surface area contributed by atoms with Crippen LogP contribution in [0.3, 0.4) is 0 Å². The van der Waals surface area contributed by atoms with E-state index in [2.05, 4.69) is 19.2 Å². The first-order chi connectivity index (χ1) is 8.22. The van der Waals surface area contributed by atoms with Gasteiger partial charge in [-0.05, 0) is 26.3 Å². The molecule has 0 spiro atoms. The molecular weight excluding hydrogens is 270 g/mol. The lowest BCUT2D eigenvalue weighted by Crippen LogP contribution is -2.47. The van der Waals surface area contributed by atoms with Crippen LogP contribution in [-0.2, 0) is 9.84 Å². The molecule has 0 aromatic rings. The van der Waals surface area contributed by atoms with Gasteiger partial charge in [0.15, 0.2) is 0 Å². The molecule has 0 heterocycles. The Morgan fingerprint density at radius 3 is 2.50 bits per heavy atom. The van der Waals surface area contributed by atoms with Crippen molar-refractivity contribution in [2.75, 3.05) is 30.9 Å². The first-order valence-electron chi connectivity index (χ1n) is 6.37. The second-order valence-electron chi connectivity index (χ2n) is 5.16. The zero-order chi connectivity index (χ0) is 14.2. The molecule has 110 valence electrons. The molecule has 0 amide bonds. The Labute approximate surface area is 116 Å². The van der Waals surface area contributed by atoms with Crippen LogP contribution < -0.4 is 5.32 Å². The molecule has 0 fully saturated rings. The zero-order valence-corrected chi connectivity index (χ0v) is 13.5. The van der Waals surface area contributed by atoms with Crippen molar-refractivity contribution in [3.8, 4) is 0 Å². The Morgan fingerprint density at radius 2 is 2.06 bits per heavy atom. The monoisotopic (exact) mass is 297 g/mol. The highest BCUT2D eigenvalue weighted by molar-refractivity contribution is 8.01. The van der Waals surface area contributed by atoms with Gasteiger partial charge < -0.3 is 10.4 Å². The summed E-state index contributed by atoms with van der Waals surface area (Å²) < 4.78 is 22.1. The molecule has 0 radical (unpaired) electrons. The number of aliphatic hydroxyl groups is 1. The topological polar surface area (TPSA) is 66.4 Å². The van der Waals surface area contributed by atoms with Gasteiger partial charge in [-0.25, -0.2) is 8.42 Å². The van der Waals surface area contributed by atoms with E-state index in [-0.39, 0.29) is 17.9 Å². The Bertz CT molecular complexity index is 319. The minimum atomic E-state index is -2.87. The Hall–Kier alpha value is 0.220. The third-order valence-corrected chi connectivity index (χ3v) is 5.12. The van der Waals surface area contributed by atoms with Gasteiger partial charge in [0, 0.05) is 22.8 Å². The smallest absolute Gasteiger partial charge is 0.148 e. The molecule has 0 aliphatic carbocycles. The molecule has 0 bridgehead atoms. The van der Waals surface area contributed by atoms with Crippen molar-refractivity contribution in [2.45, 2.75) is 44.4 Å². The number of aliphatic hydroxyl groups excluding tert-OH is 1. The van der Waals surface area contributed by atoms with E-state index in [0.717, 1.165) is 19.4 Å². The van der Waals surface area contributed by atoms with Crippen LogP contribution in [0.2, 0.25) is 0 Å². The highest BCUT2D eigenvalue weighted by atomic mass is 32.2. The maximum Gasteiger partial charge on any atom is 0.148 e. The highest BCUT2D eigenvalue weighted by Gasteiger charge is 2.25. The van der Waals surface area contributed by atoms with Crippen molar-refractivity contribution in [1.29, 1.82) is 0 Å². The van der Waals surface area contributed by atoms with Crippen molar-refractivity contribution in [3.05, 3.63) is 0 Å². The van der Waals surface area contributed by atoms with Crippen LogP contribution >= 0.6 is 11.8 Å². The molecule has 0 aliphatic rings. The van der Waals surface area contributed by atoms with E-state index in [1.54, 1.807) is 11.8 Å². The zero-order valence-electron chi connectivity index (χ0n) is 11.9. The largest absolute Gasteiger partial charge is 0.394 e. The lowest BCUT2D eigenvalue weighted by atomic mass is 9.97. The van der Waals surface area contributed by atoms with Gasteiger partial charge in [-0.1, -0.05) is 13.8 Å². The third kappa shape index (κ3) is 9.19. The average molecular weight is 297 g/mol. The number of hydrogen-bond acceptors (Lipinski definition) is 5. The van der Waals surface area contributed by atoms with E-state index >= 15 is 0 Å². The maximum absolute atomic E-state index is 11.0. The van der Waals surface area contributed by atoms with Crippen molar-refractivity contribution in [2.24, 2.45) is 0 Å². The van der Waals surface area contributed by atoms with Crippen LogP contribution in [0.5, 0.6) is 0 Å². The average Bonchev–Trinajstić information content (AvgIpc) is 2.24. The van der Waals surface area contributed by atoms with E-state index in [0.29, 0.717) is 11.0 Å². The van der Waals surface area contributed by atoms with Gasteiger partial charge in [-0.2, -0.15) is 11.8 Å². The number of nitrogens with one attached hydrogen (secondary N) is 1. The molecule has 0 saturated carbocycles. The first-order valence-corrected chi connectivity index (χ1v) is 9.48. The summed E-state index contributed by atoms with van der Waals surface area (Å²) in [7, 11) is -2.87. The molecule has 6 heteroatoms. The van der Waals surface area contributed by atoms with Gasteiger partial charge >= 0.3 is 0 Å². The van der Waals surface area contributed by atoms with Crippen LogP contribution in [0.1, 0.15) is 33.6 Å². The fraction of sp³-hybridized carbons (Fsp3) is 1.00. The summed E-state index contributed by atoms with van der Waals surface area (Å²) in [5, 5.41) is 13.1. The van der Waals surface area contributed by atoms with Gasteiger partial charge in [0.05, 0.1) is 12.4 Å². The number of rotatable bonds is 10. The van der Waals surface area contributed by atoms with Crippen LogP contribution in [0.25, 0.3) is 0 Å². The van der Waals surface area contributed by atoms with Gasteiger partial charge in [0.25, 0.3) is 0 Å². The van der Waals surface area contributed by atoms with Gasteiger partial charge in [-0.15, -0.1) is 0 Å². The quantitative estimate of drug-likeness (QED) is 0.636. The number of sulfone groups is 1. The second-order valence-corrected chi connectivity index (χ2v) is 8.97. The summed E-state index contributed by atoms with van der Waals surface area (Å²) in [5.41, 5.74) is -0.270. The Kier molecular flexibility index (Phi) is 8.51.